The number of ketones is 1. The van der Waals surface area contributed by atoms with Crippen LogP contribution in [0.2, 0.25) is 0 Å². The number of rotatable bonds is 3. The lowest BCUT2D eigenvalue weighted by Crippen LogP contribution is -2.42. The standard InChI is InChI=1S/C23H28O3/c1-3-15(22(25)26)12-14-4-6-17-16(13-14)5-7-19-18(17)10-11-23(2)20(19)8-9-21(23)24/h4,6,12-13,18-20H,3,5,7-11H2,1-2H3,(H,25,26)/b15-12+/t18-,19-,20+,23+/m1/s1. The molecular formula is C23H28O3. The fourth-order valence-electron chi connectivity index (χ4n) is 5.98. The Morgan fingerprint density at radius 2 is 2.08 bits per heavy atom. The molecule has 1 aromatic rings. The number of Topliss-reactive ketones (excluding diaryl/α,β-unsaturated/α-hetero) is 1. The molecule has 4 atom stereocenters. The van der Waals surface area contributed by atoms with Crippen molar-refractivity contribution in [1.29, 1.82) is 0 Å². The number of hydrogen-bond acceptors (Lipinski definition) is 2. The van der Waals surface area contributed by atoms with Crippen LogP contribution in [0.5, 0.6) is 0 Å². The lowest BCUT2D eigenvalue weighted by Gasteiger charge is -2.48. The number of hydrogen-bond donors (Lipinski definition) is 1. The van der Waals surface area contributed by atoms with Crippen molar-refractivity contribution < 1.29 is 14.7 Å². The number of fused-ring (bicyclic) bond motifs is 5. The summed E-state index contributed by atoms with van der Waals surface area (Å²) in [6.07, 6.45) is 8.54. The van der Waals surface area contributed by atoms with Crippen molar-refractivity contribution in [1.82, 2.24) is 0 Å². The van der Waals surface area contributed by atoms with Gasteiger partial charge in [-0.25, -0.2) is 4.79 Å². The molecule has 0 heterocycles. The first-order valence-electron chi connectivity index (χ1n) is 10.0. The van der Waals surface area contributed by atoms with Gasteiger partial charge in [-0.3, -0.25) is 4.79 Å². The first-order valence-corrected chi connectivity index (χ1v) is 10.0. The largest absolute Gasteiger partial charge is 0.478 e. The fourth-order valence-corrected chi connectivity index (χ4v) is 5.98. The van der Waals surface area contributed by atoms with E-state index >= 15 is 0 Å². The molecule has 26 heavy (non-hydrogen) atoms. The summed E-state index contributed by atoms with van der Waals surface area (Å²) >= 11 is 0. The smallest absolute Gasteiger partial charge is 0.331 e. The molecular weight excluding hydrogens is 324 g/mol. The molecule has 1 aromatic carbocycles. The fraction of sp³-hybridized carbons (Fsp3) is 0.565. The van der Waals surface area contributed by atoms with Crippen LogP contribution in [0, 0.1) is 17.3 Å². The van der Waals surface area contributed by atoms with Crippen LogP contribution in [0.3, 0.4) is 0 Å². The molecule has 3 nitrogen and oxygen atoms in total. The maximum absolute atomic E-state index is 12.4. The van der Waals surface area contributed by atoms with Gasteiger partial charge in [-0.2, -0.15) is 0 Å². The minimum Gasteiger partial charge on any atom is -0.478 e. The Bertz CT molecular complexity index is 791. The second-order valence-corrected chi connectivity index (χ2v) is 8.62. The third kappa shape index (κ3) is 2.64. The zero-order valence-electron chi connectivity index (χ0n) is 15.8. The number of carbonyl (C=O) groups is 2. The third-order valence-electron chi connectivity index (χ3n) is 7.46. The second kappa shape index (κ2) is 6.37. The molecule has 0 saturated heterocycles. The van der Waals surface area contributed by atoms with Gasteiger partial charge < -0.3 is 5.11 Å². The summed E-state index contributed by atoms with van der Waals surface area (Å²) in [6, 6.07) is 6.50. The normalized spacial score (nSPS) is 33.4. The molecule has 0 aliphatic heterocycles. The Morgan fingerprint density at radius 1 is 1.27 bits per heavy atom. The van der Waals surface area contributed by atoms with Crippen LogP contribution in [0.25, 0.3) is 6.08 Å². The Hall–Kier alpha value is -1.90. The number of carbonyl (C=O) groups excluding carboxylic acids is 1. The Morgan fingerprint density at radius 3 is 2.81 bits per heavy atom. The summed E-state index contributed by atoms with van der Waals surface area (Å²) in [6.45, 7) is 4.09. The van der Waals surface area contributed by atoms with Gasteiger partial charge in [-0.15, -0.1) is 0 Å². The van der Waals surface area contributed by atoms with Crippen molar-refractivity contribution in [2.45, 2.75) is 64.7 Å². The van der Waals surface area contributed by atoms with E-state index in [0.29, 0.717) is 35.5 Å². The molecule has 0 unspecified atom stereocenters. The maximum Gasteiger partial charge on any atom is 0.331 e. The molecule has 0 radical (unpaired) electrons. The summed E-state index contributed by atoms with van der Waals surface area (Å²) in [5.74, 6) is 1.43. The van der Waals surface area contributed by atoms with Gasteiger partial charge in [-0.1, -0.05) is 32.0 Å². The highest BCUT2D eigenvalue weighted by Crippen LogP contribution is 2.59. The Kier molecular flexibility index (Phi) is 4.29. The van der Waals surface area contributed by atoms with Gasteiger partial charge in [0.1, 0.15) is 5.78 Å². The van der Waals surface area contributed by atoms with Crippen molar-refractivity contribution in [3.05, 3.63) is 40.5 Å². The SMILES string of the molecule is CC/C(=C\c1ccc2c(c1)CC[C@@H]1[C@@H]2CC[C@]2(C)C(=O)CC[C@@H]12)C(=O)O. The highest BCUT2D eigenvalue weighted by Gasteiger charge is 2.54. The van der Waals surface area contributed by atoms with Gasteiger partial charge >= 0.3 is 5.97 Å². The van der Waals surface area contributed by atoms with E-state index in [1.54, 1.807) is 0 Å². The van der Waals surface area contributed by atoms with Crippen LogP contribution >= 0.6 is 0 Å². The average Bonchev–Trinajstić information content (AvgIpc) is 2.94. The van der Waals surface area contributed by atoms with Gasteiger partial charge in [0.25, 0.3) is 0 Å². The molecule has 3 aliphatic carbocycles. The first-order chi connectivity index (χ1) is 12.4. The molecule has 0 amide bonds. The van der Waals surface area contributed by atoms with E-state index in [0.717, 1.165) is 44.1 Å². The number of benzene rings is 1. The number of carboxylic acid groups (broad SMARTS) is 1. The summed E-state index contributed by atoms with van der Waals surface area (Å²) in [5.41, 5.74) is 4.22. The molecule has 3 aliphatic rings. The average molecular weight is 352 g/mol. The molecule has 2 fully saturated rings. The van der Waals surface area contributed by atoms with E-state index in [-0.39, 0.29) is 5.41 Å². The monoisotopic (exact) mass is 352 g/mol. The van der Waals surface area contributed by atoms with E-state index in [4.69, 9.17) is 0 Å². The van der Waals surface area contributed by atoms with E-state index < -0.39 is 5.97 Å². The molecule has 0 spiro atoms. The highest BCUT2D eigenvalue weighted by molar-refractivity contribution is 5.92. The molecule has 138 valence electrons. The van der Waals surface area contributed by atoms with Crippen molar-refractivity contribution in [2.24, 2.45) is 17.3 Å². The third-order valence-corrected chi connectivity index (χ3v) is 7.46. The number of aliphatic carboxylic acids is 1. The van der Waals surface area contributed by atoms with Gasteiger partial charge in [0.05, 0.1) is 0 Å². The van der Waals surface area contributed by atoms with Crippen LogP contribution < -0.4 is 0 Å². The van der Waals surface area contributed by atoms with Crippen molar-refractivity contribution in [3.8, 4) is 0 Å². The Labute approximate surface area is 155 Å². The molecule has 2 saturated carbocycles. The lowest BCUT2D eigenvalue weighted by atomic mass is 9.55. The molecule has 0 aromatic heterocycles. The summed E-state index contributed by atoms with van der Waals surface area (Å²) < 4.78 is 0. The van der Waals surface area contributed by atoms with E-state index in [1.165, 1.54) is 11.1 Å². The van der Waals surface area contributed by atoms with Crippen molar-refractivity contribution in [3.63, 3.8) is 0 Å². The highest BCUT2D eigenvalue weighted by atomic mass is 16.4. The number of carboxylic acids is 1. The van der Waals surface area contributed by atoms with Gasteiger partial charge in [0.2, 0.25) is 0 Å². The van der Waals surface area contributed by atoms with Gasteiger partial charge in [-0.05, 0) is 79.0 Å². The molecule has 1 N–H and O–H groups in total. The van der Waals surface area contributed by atoms with Crippen LogP contribution in [0.4, 0.5) is 0 Å². The maximum atomic E-state index is 12.4. The summed E-state index contributed by atoms with van der Waals surface area (Å²) in [4.78, 5) is 23.7. The zero-order chi connectivity index (χ0) is 18.5. The van der Waals surface area contributed by atoms with E-state index in [9.17, 15) is 14.7 Å². The summed E-state index contributed by atoms with van der Waals surface area (Å²) in [7, 11) is 0. The van der Waals surface area contributed by atoms with Crippen LogP contribution in [0.15, 0.2) is 23.8 Å². The first kappa shape index (κ1) is 17.5. The number of aryl methyl sites for hydroxylation is 1. The van der Waals surface area contributed by atoms with Crippen LogP contribution in [0.1, 0.15) is 75.0 Å². The minimum absolute atomic E-state index is 0.0706. The molecule has 0 bridgehead atoms. The van der Waals surface area contributed by atoms with Crippen molar-refractivity contribution in [2.75, 3.05) is 0 Å². The molecule has 3 heteroatoms. The zero-order valence-corrected chi connectivity index (χ0v) is 15.8. The Balaban J connectivity index is 1.64. The van der Waals surface area contributed by atoms with Gasteiger partial charge in [0, 0.05) is 17.4 Å². The van der Waals surface area contributed by atoms with E-state index in [1.807, 2.05) is 13.0 Å². The topological polar surface area (TPSA) is 54.4 Å². The second-order valence-electron chi connectivity index (χ2n) is 8.62. The summed E-state index contributed by atoms with van der Waals surface area (Å²) in [5, 5.41) is 9.26. The lowest BCUT2D eigenvalue weighted by molar-refractivity contribution is -0.132. The van der Waals surface area contributed by atoms with Crippen LogP contribution in [-0.4, -0.2) is 16.9 Å². The molecule has 4 rings (SSSR count). The predicted molar refractivity (Wildman–Crippen MR) is 102 cm³/mol. The van der Waals surface area contributed by atoms with Crippen LogP contribution in [-0.2, 0) is 16.0 Å². The quantitative estimate of drug-likeness (QED) is 0.780. The van der Waals surface area contributed by atoms with Gasteiger partial charge in [0.15, 0.2) is 0 Å². The predicted octanol–water partition coefficient (Wildman–Crippen LogP) is 4.99. The van der Waals surface area contributed by atoms with E-state index in [2.05, 4.69) is 25.1 Å². The van der Waals surface area contributed by atoms with Crippen molar-refractivity contribution >= 4 is 17.8 Å². The minimum atomic E-state index is -0.831.